The Kier molecular flexibility index (Phi) is 5.82. The molecule has 1 rings (SSSR count). The number of rotatable bonds is 5. The van der Waals surface area contributed by atoms with E-state index in [0.717, 1.165) is 15.7 Å². The molecule has 1 amide bonds. The van der Waals surface area contributed by atoms with Gasteiger partial charge in [0.1, 0.15) is 0 Å². The molecule has 5 heteroatoms. The van der Waals surface area contributed by atoms with Gasteiger partial charge in [-0.05, 0) is 40.5 Å². The summed E-state index contributed by atoms with van der Waals surface area (Å²) in [6.45, 7) is 4.26. The number of nitrogens with one attached hydrogen (secondary N) is 1. The van der Waals surface area contributed by atoms with Crippen LogP contribution in [0.5, 0.6) is 0 Å². The minimum Gasteiger partial charge on any atom is -0.389 e. The van der Waals surface area contributed by atoms with E-state index in [2.05, 4.69) is 21.2 Å². The third kappa shape index (κ3) is 4.21. The first-order chi connectivity index (χ1) is 8.86. The summed E-state index contributed by atoms with van der Waals surface area (Å²) in [5, 5.41) is 12.2. The van der Waals surface area contributed by atoms with Crippen molar-refractivity contribution >= 4 is 27.5 Å². The molecule has 0 bridgehead atoms. The second-order valence-electron chi connectivity index (χ2n) is 4.78. The molecule has 0 radical (unpaired) electrons. The molecule has 0 aliphatic heterocycles. The number of carbonyl (C=O) groups is 1. The van der Waals surface area contributed by atoms with Gasteiger partial charge in [-0.2, -0.15) is 0 Å². The van der Waals surface area contributed by atoms with Crippen molar-refractivity contribution in [1.82, 2.24) is 5.32 Å². The first kappa shape index (κ1) is 16.0. The summed E-state index contributed by atoms with van der Waals surface area (Å²) in [6, 6.07) is 5.75. The van der Waals surface area contributed by atoms with Gasteiger partial charge in [0.25, 0.3) is 0 Å². The van der Waals surface area contributed by atoms with E-state index in [-0.39, 0.29) is 11.8 Å². The van der Waals surface area contributed by atoms with Gasteiger partial charge in [-0.25, -0.2) is 0 Å². The van der Waals surface area contributed by atoms with Crippen molar-refractivity contribution in [2.24, 2.45) is 5.92 Å². The highest BCUT2D eigenvalue weighted by molar-refractivity contribution is 9.10. The molecular weight excluding hydrogens is 308 g/mol. The Morgan fingerprint density at radius 3 is 2.58 bits per heavy atom. The van der Waals surface area contributed by atoms with E-state index in [1.807, 2.05) is 37.1 Å². The first-order valence-corrected chi connectivity index (χ1v) is 7.06. The Labute approximate surface area is 122 Å². The van der Waals surface area contributed by atoms with E-state index in [0.29, 0.717) is 6.54 Å². The van der Waals surface area contributed by atoms with Crippen molar-refractivity contribution in [2.75, 3.05) is 25.5 Å². The zero-order valence-corrected chi connectivity index (χ0v) is 13.4. The smallest absolute Gasteiger partial charge is 0.224 e. The summed E-state index contributed by atoms with van der Waals surface area (Å²) in [5.74, 6) is -0.0538. The Morgan fingerprint density at radius 2 is 2.11 bits per heavy atom. The van der Waals surface area contributed by atoms with Crippen LogP contribution in [0.25, 0.3) is 0 Å². The number of benzene rings is 1. The Hall–Kier alpha value is -1.07. The predicted molar refractivity (Wildman–Crippen MR) is 81.3 cm³/mol. The average Bonchev–Trinajstić information content (AvgIpc) is 2.37. The van der Waals surface area contributed by atoms with E-state index in [4.69, 9.17) is 0 Å². The van der Waals surface area contributed by atoms with Gasteiger partial charge in [-0.15, -0.1) is 0 Å². The molecule has 0 aromatic heterocycles. The van der Waals surface area contributed by atoms with E-state index in [1.54, 1.807) is 14.0 Å². The lowest BCUT2D eigenvalue weighted by Crippen LogP contribution is -2.34. The highest BCUT2D eigenvalue weighted by Gasteiger charge is 2.16. The molecule has 2 N–H and O–H groups in total. The van der Waals surface area contributed by atoms with Crippen LogP contribution in [0.4, 0.5) is 5.69 Å². The van der Waals surface area contributed by atoms with E-state index in [1.165, 1.54) is 0 Å². The van der Waals surface area contributed by atoms with Crippen molar-refractivity contribution < 1.29 is 9.90 Å². The maximum Gasteiger partial charge on any atom is 0.224 e. The average molecular weight is 329 g/mol. The van der Waals surface area contributed by atoms with Crippen LogP contribution in [0.2, 0.25) is 0 Å². The lowest BCUT2D eigenvalue weighted by atomic mass is 10.1. The van der Waals surface area contributed by atoms with E-state index >= 15 is 0 Å². The maximum absolute atomic E-state index is 11.5. The van der Waals surface area contributed by atoms with E-state index in [9.17, 15) is 9.90 Å². The molecule has 0 aliphatic carbocycles. The molecule has 1 aromatic carbocycles. The maximum atomic E-state index is 11.5. The quantitative estimate of drug-likeness (QED) is 0.872. The van der Waals surface area contributed by atoms with Crippen LogP contribution >= 0.6 is 15.9 Å². The number of anilines is 1. The minimum absolute atomic E-state index is 0.0311. The van der Waals surface area contributed by atoms with Gasteiger partial charge in [0.15, 0.2) is 0 Å². The lowest BCUT2D eigenvalue weighted by Gasteiger charge is -2.24. The summed E-state index contributed by atoms with van der Waals surface area (Å²) >= 11 is 3.51. The van der Waals surface area contributed by atoms with E-state index < -0.39 is 6.10 Å². The van der Waals surface area contributed by atoms with Crippen molar-refractivity contribution in [1.29, 1.82) is 0 Å². The molecule has 0 aliphatic rings. The Bertz CT molecular complexity index is 449. The van der Waals surface area contributed by atoms with Crippen molar-refractivity contribution in [3.8, 4) is 0 Å². The highest BCUT2D eigenvalue weighted by atomic mass is 79.9. The fraction of sp³-hybridized carbons (Fsp3) is 0.500. The van der Waals surface area contributed by atoms with Crippen LogP contribution in [-0.4, -0.2) is 31.7 Å². The third-order valence-corrected chi connectivity index (χ3v) is 3.74. The first-order valence-electron chi connectivity index (χ1n) is 6.27. The summed E-state index contributed by atoms with van der Waals surface area (Å²) in [4.78, 5) is 13.5. The summed E-state index contributed by atoms with van der Waals surface area (Å²) in [6.07, 6.45) is -0.486. The normalized spacial score (nSPS) is 13.8. The van der Waals surface area contributed by atoms with Gasteiger partial charge in [-0.1, -0.05) is 13.0 Å². The van der Waals surface area contributed by atoms with Gasteiger partial charge in [0.2, 0.25) is 5.91 Å². The van der Waals surface area contributed by atoms with Crippen LogP contribution in [-0.2, 0) is 4.79 Å². The summed E-state index contributed by atoms with van der Waals surface area (Å²) in [7, 11) is 3.59. The zero-order valence-electron chi connectivity index (χ0n) is 11.8. The number of aliphatic hydroxyl groups is 1. The molecule has 0 fully saturated rings. The molecule has 0 heterocycles. The molecule has 2 atom stereocenters. The monoisotopic (exact) mass is 328 g/mol. The van der Waals surface area contributed by atoms with Crippen molar-refractivity contribution in [3.63, 3.8) is 0 Å². The van der Waals surface area contributed by atoms with Gasteiger partial charge in [0.05, 0.1) is 17.7 Å². The number of carbonyl (C=O) groups excluding carboxylic acids is 1. The van der Waals surface area contributed by atoms with Gasteiger partial charge in [0, 0.05) is 25.1 Å². The zero-order chi connectivity index (χ0) is 14.6. The molecule has 0 saturated heterocycles. The number of nitrogens with zero attached hydrogens (tertiary/aromatic N) is 1. The van der Waals surface area contributed by atoms with Crippen LogP contribution in [0.15, 0.2) is 22.7 Å². The predicted octanol–water partition coefficient (Wildman–Crippen LogP) is 2.32. The molecule has 4 nitrogen and oxygen atoms in total. The van der Waals surface area contributed by atoms with Gasteiger partial charge < -0.3 is 15.3 Å². The molecule has 106 valence electrons. The van der Waals surface area contributed by atoms with Gasteiger partial charge >= 0.3 is 0 Å². The second kappa shape index (κ2) is 6.91. The molecule has 19 heavy (non-hydrogen) atoms. The lowest BCUT2D eigenvalue weighted by molar-refractivity contribution is -0.123. The van der Waals surface area contributed by atoms with Gasteiger partial charge in [-0.3, -0.25) is 4.79 Å². The van der Waals surface area contributed by atoms with Crippen molar-refractivity contribution in [2.45, 2.75) is 20.0 Å². The molecular formula is C14H21BrN2O2. The van der Waals surface area contributed by atoms with Crippen LogP contribution < -0.4 is 10.2 Å². The Balaban J connectivity index is 2.83. The minimum atomic E-state index is -0.486. The molecule has 1 aromatic rings. The number of halogens is 1. The Morgan fingerprint density at radius 1 is 1.47 bits per heavy atom. The second-order valence-corrected chi connectivity index (χ2v) is 5.64. The highest BCUT2D eigenvalue weighted by Crippen LogP contribution is 2.29. The topological polar surface area (TPSA) is 52.6 Å². The number of hydrogen-bond acceptors (Lipinski definition) is 3. The summed E-state index contributed by atoms with van der Waals surface area (Å²) in [5.41, 5.74) is 1.86. The molecule has 0 spiro atoms. The third-order valence-electron chi connectivity index (χ3n) is 3.11. The fourth-order valence-corrected chi connectivity index (χ4v) is 2.63. The largest absolute Gasteiger partial charge is 0.389 e. The molecule has 0 saturated carbocycles. The standard InChI is InChI=1S/C14H21BrN2O2/c1-9(14(19)16-3)8-17(4)13-6-5-11(10(2)18)7-12(13)15/h5-7,9-10,18H,8H2,1-4H3,(H,16,19)/t9?,10-/m1/s1. The van der Waals surface area contributed by atoms with Crippen molar-refractivity contribution in [3.05, 3.63) is 28.2 Å². The molecule has 1 unspecified atom stereocenters. The fourth-order valence-electron chi connectivity index (χ4n) is 1.93. The SMILES string of the molecule is CNC(=O)C(C)CN(C)c1ccc([C@@H](C)O)cc1Br. The van der Waals surface area contributed by atoms with Crippen LogP contribution in [0.3, 0.4) is 0 Å². The van der Waals surface area contributed by atoms with Crippen LogP contribution in [0.1, 0.15) is 25.5 Å². The number of amides is 1. The van der Waals surface area contributed by atoms with Crippen LogP contribution in [0, 0.1) is 5.92 Å². The summed E-state index contributed by atoms with van der Waals surface area (Å²) < 4.78 is 0.914. The number of aliphatic hydroxyl groups excluding tert-OH is 1. The number of hydrogen-bond donors (Lipinski definition) is 2.